The number of aryl methyl sites for hydroxylation is 1. The first kappa shape index (κ1) is 23.4. The van der Waals surface area contributed by atoms with Crippen molar-refractivity contribution in [1.82, 2.24) is 4.98 Å². The van der Waals surface area contributed by atoms with Crippen LogP contribution < -0.4 is 4.90 Å². The number of aromatic nitrogens is 1. The second-order valence-electron chi connectivity index (χ2n) is 10.4. The second-order valence-corrected chi connectivity index (χ2v) is 10.4. The van der Waals surface area contributed by atoms with E-state index in [2.05, 4.69) is 4.98 Å². The summed E-state index contributed by atoms with van der Waals surface area (Å²) in [6.45, 7) is 1.95. The molecule has 5 nitrogen and oxygen atoms in total. The Kier molecular flexibility index (Phi) is 5.04. The van der Waals surface area contributed by atoms with Crippen LogP contribution in [0.3, 0.4) is 0 Å². The molecule has 0 radical (unpaired) electrons. The van der Waals surface area contributed by atoms with E-state index in [9.17, 15) is 18.8 Å². The Morgan fingerprint density at radius 3 is 2.31 bits per heavy atom. The maximum atomic E-state index is 14.5. The summed E-state index contributed by atoms with van der Waals surface area (Å²) in [5.41, 5.74) is 2.43. The van der Waals surface area contributed by atoms with Crippen molar-refractivity contribution in [3.05, 3.63) is 137 Å². The Bertz CT molecular complexity index is 1680. The van der Waals surface area contributed by atoms with Crippen LogP contribution in [-0.2, 0) is 0 Å². The normalized spacial score (nSPS) is 22.1. The van der Waals surface area contributed by atoms with Crippen LogP contribution in [0, 0.1) is 18.2 Å². The molecule has 1 unspecified atom stereocenters. The average molecular weight is 515 g/mol. The summed E-state index contributed by atoms with van der Waals surface area (Å²) in [6, 6.07) is 20.4. The molecular weight excluding hydrogens is 491 g/mol. The molecule has 3 aromatic carbocycles. The lowest BCUT2D eigenvalue weighted by atomic mass is 9.64. The highest BCUT2D eigenvalue weighted by Crippen LogP contribution is 2.60. The molecule has 3 heterocycles. The minimum absolute atomic E-state index is 0.215. The fourth-order valence-electron chi connectivity index (χ4n) is 6.77. The average Bonchev–Trinajstić information content (AvgIpc) is 3.39. The summed E-state index contributed by atoms with van der Waals surface area (Å²) in [5.74, 6) is -2.06. The number of benzene rings is 3. The largest absolute Gasteiger partial charge is 0.352 e. The zero-order valence-electron chi connectivity index (χ0n) is 21.0. The van der Waals surface area contributed by atoms with Crippen LogP contribution in [0.1, 0.15) is 53.7 Å². The smallest absolute Gasteiger partial charge is 0.185 e. The van der Waals surface area contributed by atoms with Gasteiger partial charge in [-0.15, -0.1) is 0 Å². The predicted octanol–water partition coefficient (Wildman–Crippen LogP) is 5.85. The SMILES string of the molecule is Cc1ccc(C(=O)[C@H]2[C@H](c3cccnc3)C3(C(=O)c4ccccc4C3=O)C3C=Cc4cc(F)ccc4N32)cc1. The summed E-state index contributed by atoms with van der Waals surface area (Å²) in [5, 5.41) is 0. The molecule has 4 aromatic rings. The molecule has 3 atom stereocenters. The molecule has 39 heavy (non-hydrogen) atoms. The first-order valence-corrected chi connectivity index (χ1v) is 12.9. The minimum Gasteiger partial charge on any atom is -0.352 e. The summed E-state index contributed by atoms with van der Waals surface area (Å²) < 4.78 is 14.3. The number of hydrogen-bond donors (Lipinski definition) is 0. The Balaban J connectivity index is 1.54. The third-order valence-electron chi connectivity index (χ3n) is 8.41. The lowest BCUT2D eigenvalue weighted by molar-refractivity contribution is 0.0666. The third-order valence-corrected chi connectivity index (χ3v) is 8.41. The van der Waals surface area contributed by atoms with E-state index in [4.69, 9.17) is 0 Å². The number of Topliss-reactive ketones (excluding diaryl/α,β-unsaturated/α-hetero) is 3. The highest BCUT2D eigenvalue weighted by molar-refractivity contribution is 6.32. The van der Waals surface area contributed by atoms with Gasteiger partial charge in [0.15, 0.2) is 17.3 Å². The number of hydrogen-bond acceptors (Lipinski definition) is 5. The van der Waals surface area contributed by atoms with E-state index >= 15 is 0 Å². The molecule has 190 valence electrons. The zero-order valence-corrected chi connectivity index (χ0v) is 21.0. The number of anilines is 1. The number of ketones is 3. The Morgan fingerprint density at radius 2 is 1.64 bits per heavy atom. The fourth-order valence-corrected chi connectivity index (χ4v) is 6.77. The highest BCUT2D eigenvalue weighted by atomic mass is 19.1. The maximum Gasteiger partial charge on any atom is 0.185 e. The molecule has 0 saturated carbocycles. The van der Waals surface area contributed by atoms with Gasteiger partial charge in [-0.25, -0.2) is 4.39 Å². The molecule has 7 rings (SSSR count). The second kappa shape index (κ2) is 8.40. The van der Waals surface area contributed by atoms with Gasteiger partial charge >= 0.3 is 0 Å². The first-order chi connectivity index (χ1) is 18.9. The number of carbonyl (C=O) groups excluding carboxylic acids is 3. The van der Waals surface area contributed by atoms with E-state index in [1.165, 1.54) is 12.1 Å². The van der Waals surface area contributed by atoms with Gasteiger partial charge in [0.05, 0.1) is 6.04 Å². The van der Waals surface area contributed by atoms with Crippen LogP contribution >= 0.6 is 0 Å². The van der Waals surface area contributed by atoms with Crippen LogP contribution in [0.4, 0.5) is 10.1 Å². The quantitative estimate of drug-likeness (QED) is 0.254. The van der Waals surface area contributed by atoms with Crippen LogP contribution in [0.5, 0.6) is 0 Å². The van der Waals surface area contributed by atoms with Crippen molar-refractivity contribution < 1.29 is 18.8 Å². The number of halogens is 1. The number of carbonyl (C=O) groups is 3. The fraction of sp³-hybridized carbons (Fsp3) is 0.152. The van der Waals surface area contributed by atoms with Gasteiger partial charge in [0.25, 0.3) is 0 Å². The zero-order chi connectivity index (χ0) is 26.9. The van der Waals surface area contributed by atoms with Crippen molar-refractivity contribution in [2.24, 2.45) is 5.41 Å². The topological polar surface area (TPSA) is 67.3 Å². The van der Waals surface area contributed by atoms with Crippen molar-refractivity contribution in [3.8, 4) is 0 Å². The van der Waals surface area contributed by atoms with Gasteiger partial charge in [0.1, 0.15) is 17.3 Å². The number of nitrogens with zero attached hydrogens (tertiary/aromatic N) is 2. The van der Waals surface area contributed by atoms with Gasteiger partial charge < -0.3 is 4.90 Å². The third kappa shape index (κ3) is 3.12. The van der Waals surface area contributed by atoms with Gasteiger partial charge in [0, 0.05) is 46.3 Å². The molecule has 3 aliphatic rings. The van der Waals surface area contributed by atoms with Gasteiger partial charge in [-0.2, -0.15) is 0 Å². The summed E-state index contributed by atoms with van der Waals surface area (Å²) in [4.78, 5) is 49.7. The van der Waals surface area contributed by atoms with E-state index in [1.807, 2.05) is 30.0 Å². The molecule has 0 amide bonds. The van der Waals surface area contributed by atoms with Gasteiger partial charge in [-0.1, -0.05) is 72.3 Å². The minimum atomic E-state index is -1.60. The first-order valence-electron chi connectivity index (χ1n) is 12.9. The van der Waals surface area contributed by atoms with Crippen molar-refractivity contribution >= 4 is 29.1 Å². The van der Waals surface area contributed by atoms with Crippen molar-refractivity contribution in [2.75, 3.05) is 4.90 Å². The van der Waals surface area contributed by atoms with Gasteiger partial charge in [0.2, 0.25) is 0 Å². The maximum absolute atomic E-state index is 14.5. The molecule has 1 saturated heterocycles. The van der Waals surface area contributed by atoms with E-state index < -0.39 is 29.2 Å². The summed E-state index contributed by atoms with van der Waals surface area (Å²) in [7, 11) is 0. The molecule has 1 fully saturated rings. The highest BCUT2D eigenvalue weighted by Gasteiger charge is 2.71. The number of rotatable bonds is 3. The Hall–Kier alpha value is -4.71. The Labute approximate surface area is 224 Å². The van der Waals surface area contributed by atoms with Crippen LogP contribution in [0.25, 0.3) is 6.08 Å². The molecule has 6 heteroatoms. The molecule has 2 aliphatic heterocycles. The molecule has 0 bridgehead atoms. The molecule has 1 aromatic heterocycles. The number of pyridine rings is 1. The molecular formula is C33H23FN2O3. The van der Waals surface area contributed by atoms with Gasteiger partial charge in [-0.05, 0) is 36.8 Å². The van der Waals surface area contributed by atoms with Crippen LogP contribution in [0.2, 0.25) is 0 Å². The molecule has 0 N–H and O–H groups in total. The van der Waals surface area contributed by atoms with E-state index in [0.29, 0.717) is 33.5 Å². The molecule has 1 aliphatic carbocycles. The lowest BCUT2D eigenvalue weighted by Crippen LogP contribution is -2.48. The van der Waals surface area contributed by atoms with E-state index in [1.54, 1.807) is 73.1 Å². The number of fused-ring (bicyclic) bond motifs is 5. The van der Waals surface area contributed by atoms with Crippen molar-refractivity contribution in [1.29, 1.82) is 0 Å². The standard InChI is InChI=1S/C33H23FN2O3/c1-19-8-10-20(11-9-19)30(37)29-28(22-5-4-16-35-18-22)33(31(38)24-6-2-3-7-25(24)32(33)39)27-15-12-21-17-23(34)13-14-26(21)36(27)29/h2-18,27-29H,1H3/t27?,28-,29+/m0/s1. The van der Waals surface area contributed by atoms with Crippen molar-refractivity contribution in [3.63, 3.8) is 0 Å². The van der Waals surface area contributed by atoms with E-state index in [-0.39, 0.29) is 17.3 Å². The lowest BCUT2D eigenvalue weighted by Gasteiger charge is -2.37. The summed E-state index contributed by atoms with van der Waals surface area (Å²) >= 11 is 0. The van der Waals surface area contributed by atoms with E-state index in [0.717, 1.165) is 5.56 Å². The van der Waals surface area contributed by atoms with Crippen molar-refractivity contribution in [2.45, 2.75) is 24.9 Å². The predicted molar refractivity (Wildman–Crippen MR) is 146 cm³/mol. The molecule has 1 spiro atoms. The van der Waals surface area contributed by atoms with Gasteiger partial charge in [-0.3, -0.25) is 19.4 Å². The van der Waals surface area contributed by atoms with Crippen LogP contribution in [0.15, 0.2) is 97.3 Å². The van der Waals surface area contributed by atoms with Crippen LogP contribution in [-0.4, -0.2) is 34.4 Å². The monoisotopic (exact) mass is 514 g/mol. The Morgan fingerprint density at radius 1 is 0.923 bits per heavy atom. The summed E-state index contributed by atoms with van der Waals surface area (Å²) in [6.07, 6.45) is 6.80.